The van der Waals surface area contributed by atoms with Crippen LogP contribution in [-0.2, 0) is 11.2 Å². The Morgan fingerprint density at radius 3 is 3.00 bits per heavy atom. The van der Waals surface area contributed by atoms with Crippen molar-refractivity contribution in [3.8, 4) is 11.7 Å². The Morgan fingerprint density at radius 1 is 1.52 bits per heavy atom. The first-order valence-corrected chi connectivity index (χ1v) is 7.00. The van der Waals surface area contributed by atoms with Crippen molar-refractivity contribution in [2.24, 2.45) is 0 Å². The zero-order chi connectivity index (χ0) is 15.2. The van der Waals surface area contributed by atoms with Gasteiger partial charge in [-0.15, -0.1) is 0 Å². The normalized spacial score (nSPS) is 12.3. The minimum absolute atomic E-state index is 0.0291. The van der Waals surface area contributed by atoms with Gasteiger partial charge in [-0.25, -0.2) is 4.98 Å². The number of carbonyl (C=O) groups excluding carboxylic acids is 1. The topological polar surface area (TPSA) is 88.5 Å². The van der Waals surface area contributed by atoms with Crippen LogP contribution in [0.25, 0.3) is 11.7 Å². The molecule has 0 bridgehead atoms. The molecule has 6 nitrogen and oxygen atoms in total. The van der Waals surface area contributed by atoms with Crippen LogP contribution in [0.5, 0.6) is 0 Å². The second-order valence-corrected chi connectivity index (χ2v) is 5.01. The largest absolute Gasteiger partial charge is 0.459 e. The van der Waals surface area contributed by atoms with E-state index in [0.717, 1.165) is 6.42 Å². The van der Waals surface area contributed by atoms with Crippen molar-refractivity contribution in [3.05, 3.63) is 29.9 Å². The van der Waals surface area contributed by atoms with Gasteiger partial charge in [-0.05, 0) is 38.8 Å². The molecule has 6 heteroatoms. The highest BCUT2D eigenvalue weighted by Gasteiger charge is 2.16. The van der Waals surface area contributed by atoms with Crippen molar-refractivity contribution in [1.82, 2.24) is 10.3 Å². The molecular weight excluding hydrogens is 272 g/mol. The number of rotatable bonds is 7. The highest BCUT2D eigenvalue weighted by atomic mass is 16.4. The first kappa shape index (κ1) is 15.3. The van der Waals surface area contributed by atoms with Gasteiger partial charge in [0.2, 0.25) is 5.91 Å². The Balaban J connectivity index is 1.95. The van der Waals surface area contributed by atoms with E-state index in [-0.39, 0.29) is 25.0 Å². The number of amides is 1. The van der Waals surface area contributed by atoms with E-state index in [1.807, 2.05) is 6.92 Å². The highest BCUT2D eigenvalue weighted by Crippen LogP contribution is 2.22. The minimum atomic E-state index is -0.108. The van der Waals surface area contributed by atoms with Gasteiger partial charge < -0.3 is 19.3 Å². The van der Waals surface area contributed by atoms with E-state index in [1.54, 1.807) is 25.3 Å². The monoisotopic (exact) mass is 292 g/mol. The number of furan rings is 1. The van der Waals surface area contributed by atoms with Gasteiger partial charge in [0.05, 0.1) is 18.4 Å². The molecular formula is C15H20N2O4. The van der Waals surface area contributed by atoms with Gasteiger partial charge in [0.25, 0.3) is 5.89 Å². The molecule has 2 N–H and O–H groups in total. The van der Waals surface area contributed by atoms with Crippen molar-refractivity contribution < 1.29 is 18.7 Å². The number of carbonyl (C=O) groups is 1. The van der Waals surface area contributed by atoms with E-state index in [9.17, 15) is 4.79 Å². The maximum absolute atomic E-state index is 12.0. The average molecular weight is 292 g/mol. The van der Waals surface area contributed by atoms with Crippen LogP contribution in [0, 0.1) is 6.92 Å². The fourth-order valence-corrected chi connectivity index (χ4v) is 2.05. The van der Waals surface area contributed by atoms with Crippen molar-refractivity contribution in [2.45, 2.75) is 39.2 Å². The summed E-state index contributed by atoms with van der Waals surface area (Å²) in [5.74, 6) is 1.43. The van der Waals surface area contributed by atoms with E-state index in [0.29, 0.717) is 29.5 Å². The molecule has 0 radical (unpaired) electrons. The van der Waals surface area contributed by atoms with Crippen LogP contribution in [0.15, 0.2) is 27.2 Å². The summed E-state index contributed by atoms with van der Waals surface area (Å²) in [6.45, 7) is 3.82. The summed E-state index contributed by atoms with van der Waals surface area (Å²) in [5, 5.41) is 11.6. The van der Waals surface area contributed by atoms with Crippen LogP contribution in [0.3, 0.4) is 0 Å². The SMILES string of the molecule is Cc1oc(-c2ccco2)nc1CC(=O)NC(C)CCCO. The molecule has 1 unspecified atom stereocenters. The lowest BCUT2D eigenvalue weighted by atomic mass is 10.1. The van der Waals surface area contributed by atoms with Gasteiger partial charge in [0.1, 0.15) is 5.76 Å². The lowest BCUT2D eigenvalue weighted by Gasteiger charge is -2.12. The van der Waals surface area contributed by atoms with E-state index in [2.05, 4.69) is 10.3 Å². The molecule has 0 aliphatic rings. The van der Waals surface area contributed by atoms with Gasteiger partial charge >= 0.3 is 0 Å². The lowest BCUT2D eigenvalue weighted by Crippen LogP contribution is -2.34. The Morgan fingerprint density at radius 2 is 2.33 bits per heavy atom. The summed E-state index contributed by atoms with van der Waals surface area (Å²) >= 11 is 0. The Bertz CT molecular complexity index is 575. The van der Waals surface area contributed by atoms with Crippen LogP contribution < -0.4 is 5.32 Å². The number of aliphatic hydroxyl groups excluding tert-OH is 1. The van der Waals surface area contributed by atoms with Crippen LogP contribution in [-0.4, -0.2) is 28.6 Å². The molecule has 2 heterocycles. The molecule has 1 amide bonds. The van der Waals surface area contributed by atoms with Gasteiger partial charge in [0.15, 0.2) is 5.76 Å². The molecule has 0 spiro atoms. The van der Waals surface area contributed by atoms with Crippen LogP contribution in [0.1, 0.15) is 31.2 Å². The summed E-state index contributed by atoms with van der Waals surface area (Å²) in [6, 6.07) is 3.54. The highest BCUT2D eigenvalue weighted by molar-refractivity contribution is 5.78. The van der Waals surface area contributed by atoms with E-state index < -0.39 is 0 Å². The van der Waals surface area contributed by atoms with E-state index in [1.165, 1.54) is 0 Å². The van der Waals surface area contributed by atoms with Gasteiger partial charge in [-0.2, -0.15) is 0 Å². The number of aromatic nitrogens is 1. The Labute approximate surface area is 123 Å². The number of aryl methyl sites for hydroxylation is 1. The summed E-state index contributed by atoms with van der Waals surface area (Å²) in [6.07, 6.45) is 3.13. The number of oxazole rings is 1. The third-order valence-corrected chi connectivity index (χ3v) is 3.16. The molecule has 0 saturated heterocycles. The fourth-order valence-electron chi connectivity index (χ4n) is 2.05. The Hall–Kier alpha value is -2.08. The number of aliphatic hydroxyl groups is 1. The molecule has 0 aliphatic heterocycles. The zero-order valence-electron chi connectivity index (χ0n) is 12.3. The first-order chi connectivity index (χ1) is 10.1. The predicted octanol–water partition coefficient (Wildman–Crippen LogP) is 2.06. The first-order valence-electron chi connectivity index (χ1n) is 7.00. The third kappa shape index (κ3) is 4.19. The predicted molar refractivity (Wildman–Crippen MR) is 76.6 cm³/mol. The molecule has 2 aromatic heterocycles. The standard InChI is InChI=1S/C15H20N2O4/c1-10(5-3-7-18)16-14(19)9-12-11(2)21-15(17-12)13-6-4-8-20-13/h4,6,8,10,18H,3,5,7,9H2,1-2H3,(H,16,19). The summed E-state index contributed by atoms with van der Waals surface area (Å²) in [7, 11) is 0. The van der Waals surface area contributed by atoms with Gasteiger partial charge in [-0.3, -0.25) is 4.79 Å². The molecule has 0 aliphatic carbocycles. The number of hydrogen-bond donors (Lipinski definition) is 2. The van der Waals surface area contributed by atoms with Gasteiger partial charge in [0, 0.05) is 12.6 Å². The quantitative estimate of drug-likeness (QED) is 0.815. The molecule has 0 saturated carbocycles. The smallest absolute Gasteiger partial charge is 0.263 e. The van der Waals surface area contributed by atoms with Crippen molar-refractivity contribution in [1.29, 1.82) is 0 Å². The van der Waals surface area contributed by atoms with Crippen LogP contribution in [0.2, 0.25) is 0 Å². The Kier molecular flexibility index (Phi) is 5.16. The molecule has 0 aromatic carbocycles. The molecule has 2 aromatic rings. The lowest BCUT2D eigenvalue weighted by molar-refractivity contribution is -0.121. The zero-order valence-corrected chi connectivity index (χ0v) is 12.3. The maximum Gasteiger partial charge on any atom is 0.263 e. The second kappa shape index (κ2) is 7.08. The average Bonchev–Trinajstić information content (AvgIpc) is 3.07. The van der Waals surface area contributed by atoms with Crippen molar-refractivity contribution >= 4 is 5.91 Å². The minimum Gasteiger partial charge on any atom is -0.459 e. The maximum atomic E-state index is 12.0. The molecule has 114 valence electrons. The molecule has 1 atom stereocenters. The summed E-state index contributed by atoms with van der Waals surface area (Å²) < 4.78 is 10.7. The summed E-state index contributed by atoms with van der Waals surface area (Å²) in [5.41, 5.74) is 0.605. The van der Waals surface area contributed by atoms with Crippen LogP contribution >= 0.6 is 0 Å². The van der Waals surface area contributed by atoms with E-state index in [4.69, 9.17) is 13.9 Å². The molecule has 0 fully saturated rings. The van der Waals surface area contributed by atoms with Gasteiger partial charge in [-0.1, -0.05) is 0 Å². The molecule has 2 rings (SSSR count). The van der Waals surface area contributed by atoms with Crippen molar-refractivity contribution in [2.75, 3.05) is 6.61 Å². The number of hydrogen-bond acceptors (Lipinski definition) is 5. The number of nitrogens with zero attached hydrogens (tertiary/aromatic N) is 1. The third-order valence-electron chi connectivity index (χ3n) is 3.16. The van der Waals surface area contributed by atoms with Crippen molar-refractivity contribution in [3.63, 3.8) is 0 Å². The summed E-state index contributed by atoms with van der Waals surface area (Å²) in [4.78, 5) is 16.3. The molecule has 21 heavy (non-hydrogen) atoms. The van der Waals surface area contributed by atoms with Crippen LogP contribution in [0.4, 0.5) is 0 Å². The second-order valence-electron chi connectivity index (χ2n) is 5.01. The van der Waals surface area contributed by atoms with E-state index >= 15 is 0 Å². The number of nitrogens with one attached hydrogen (secondary N) is 1. The fraction of sp³-hybridized carbons (Fsp3) is 0.467.